The molecule has 0 saturated heterocycles. The second-order valence-corrected chi connectivity index (χ2v) is 5.29. The van der Waals surface area contributed by atoms with Gasteiger partial charge in [-0.05, 0) is 23.8 Å². The molecule has 112 valence electrons. The fourth-order valence-electron chi connectivity index (χ4n) is 2.11. The highest BCUT2D eigenvalue weighted by Crippen LogP contribution is 2.20. The number of pyridine rings is 1. The maximum absolute atomic E-state index is 10.8. The van der Waals surface area contributed by atoms with Gasteiger partial charge in [0.05, 0.1) is 16.7 Å². The summed E-state index contributed by atoms with van der Waals surface area (Å²) in [7, 11) is 0. The number of benzene rings is 1. The van der Waals surface area contributed by atoms with Gasteiger partial charge >= 0.3 is 5.97 Å². The molecule has 2 heterocycles. The Hall–Kier alpha value is -2.40. The van der Waals surface area contributed by atoms with E-state index < -0.39 is 0 Å². The molecule has 1 aromatic carbocycles. The summed E-state index contributed by atoms with van der Waals surface area (Å²) >= 11 is 5.96. The van der Waals surface area contributed by atoms with Gasteiger partial charge in [0.1, 0.15) is 0 Å². The van der Waals surface area contributed by atoms with Crippen LogP contribution in [0.2, 0.25) is 5.02 Å². The molecule has 3 rings (SSSR count). The summed E-state index contributed by atoms with van der Waals surface area (Å²) in [6, 6.07) is 7.78. The van der Waals surface area contributed by atoms with Crippen LogP contribution in [0.4, 0.5) is 0 Å². The minimum Gasteiger partial charge on any atom is -0.458 e. The van der Waals surface area contributed by atoms with Crippen LogP contribution >= 0.6 is 11.6 Å². The van der Waals surface area contributed by atoms with Gasteiger partial charge in [0, 0.05) is 24.9 Å². The van der Waals surface area contributed by atoms with E-state index >= 15 is 0 Å². The molecule has 0 spiro atoms. The second-order valence-electron chi connectivity index (χ2n) is 4.86. The zero-order valence-corrected chi connectivity index (χ0v) is 12.6. The zero-order chi connectivity index (χ0) is 15.5. The highest BCUT2D eigenvalue weighted by Gasteiger charge is 2.07. The normalized spacial score (nSPS) is 10.8. The van der Waals surface area contributed by atoms with Crippen molar-refractivity contribution >= 4 is 28.5 Å². The van der Waals surface area contributed by atoms with E-state index in [0.717, 1.165) is 16.5 Å². The molecule has 0 aliphatic carbocycles. The van der Waals surface area contributed by atoms with E-state index in [0.29, 0.717) is 23.1 Å². The molecular weight excluding hydrogens is 304 g/mol. The molecule has 22 heavy (non-hydrogen) atoms. The number of fused-ring (bicyclic) bond motifs is 1. The third-order valence-corrected chi connectivity index (χ3v) is 3.29. The molecule has 0 atom stereocenters. The highest BCUT2D eigenvalue weighted by molar-refractivity contribution is 6.31. The van der Waals surface area contributed by atoms with Crippen LogP contribution in [0, 0.1) is 0 Å². The summed E-state index contributed by atoms with van der Waals surface area (Å²) in [5, 5.41) is 1.57. The molecule has 0 N–H and O–H groups in total. The molecule has 6 heteroatoms. The topological polar surface area (TPSA) is 65.2 Å². The molecule has 0 unspecified atom stereocenters. The molecule has 3 aromatic rings. The van der Waals surface area contributed by atoms with Gasteiger partial charge in [-0.15, -0.1) is 0 Å². The third-order valence-electron chi connectivity index (χ3n) is 3.09. The number of halogens is 1. The summed E-state index contributed by atoms with van der Waals surface area (Å²) < 4.78 is 10.4. The van der Waals surface area contributed by atoms with Crippen molar-refractivity contribution in [1.82, 2.24) is 9.97 Å². The van der Waals surface area contributed by atoms with Crippen molar-refractivity contribution in [3.63, 3.8) is 0 Å². The Morgan fingerprint density at radius 1 is 1.27 bits per heavy atom. The van der Waals surface area contributed by atoms with Crippen molar-refractivity contribution in [3.8, 4) is 0 Å². The Balaban J connectivity index is 1.76. The number of aromatic nitrogens is 2. The Bertz CT molecular complexity index is 829. The lowest BCUT2D eigenvalue weighted by atomic mass is 10.1. The van der Waals surface area contributed by atoms with E-state index in [1.807, 2.05) is 24.3 Å². The van der Waals surface area contributed by atoms with Crippen molar-refractivity contribution < 1.29 is 13.9 Å². The average molecular weight is 317 g/mol. The first-order chi connectivity index (χ1) is 10.6. The number of ether oxygens (including phenoxy) is 1. The maximum atomic E-state index is 10.8. The molecule has 5 nitrogen and oxygen atoms in total. The number of oxazole rings is 1. The van der Waals surface area contributed by atoms with Crippen molar-refractivity contribution in [2.45, 2.75) is 20.0 Å². The van der Waals surface area contributed by atoms with Crippen LogP contribution < -0.4 is 0 Å². The van der Waals surface area contributed by atoms with Crippen molar-refractivity contribution in [2.75, 3.05) is 0 Å². The van der Waals surface area contributed by atoms with Crippen LogP contribution in [0.3, 0.4) is 0 Å². The number of rotatable bonds is 4. The van der Waals surface area contributed by atoms with Crippen molar-refractivity contribution in [3.05, 3.63) is 58.9 Å². The summed E-state index contributed by atoms with van der Waals surface area (Å²) in [5.74, 6) is 0.740. The Morgan fingerprint density at radius 3 is 2.95 bits per heavy atom. The van der Waals surface area contributed by atoms with Gasteiger partial charge in [-0.1, -0.05) is 17.7 Å². The quantitative estimate of drug-likeness (QED) is 0.689. The lowest BCUT2D eigenvalue weighted by Gasteiger charge is -2.02. The first kappa shape index (κ1) is 14.5. The van der Waals surface area contributed by atoms with Gasteiger partial charge in [0.2, 0.25) is 0 Å². The monoisotopic (exact) mass is 316 g/mol. The molecule has 0 bridgehead atoms. The lowest BCUT2D eigenvalue weighted by Crippen LogP contribution is -1.97. The van der Waals surface area contributed by atoms with Crippen LogP contribution in [0.5, 0.6) is 0 Å². The summed E-state index contributed by atoms with van der Waals surface area (Å²) in [6.07, 6.45) is 3.74. The fraction of sp³-hybridized carbons (Fsp3) is 0.188. The number of hydrogen-bond donors (Lipinski definition) is 0. The van der Waals surface area contributed by atoms with Gasteiger partial charge < -0.3 is 9.15 Å². The standard InChI is InChI=1S/C16H13ClN2O3/c1-10(20)21-9-14-8-19-16(22-14)5-11-2-3-15-12(4-11)6-13(17)7-18-15/h2-4,6-8H,5,9H2,1H3. The Kier molecular flexibility index (Phi) is 4.06. The molecule has 0 aliphatic heterocycles. The van der Waals surface area contributed by atoms with Crippen molar-refractivity contribution in [1.29, 1.82) is 0 Å². The maximum Gasteiger partial charge on any atom is 0.303 e. The van der Waals surface area contributed by atoms with E-state index in [4.69, 9.17) is 20.8 Å². The SMILES string of the molecule is CC(=O)OCc1cnc(Cc2ccc3ncc(Cl)cc3c2)o1. The van der Waals surface area contributed by atoms with Crippen molar-refractivity contribution in [2.24, 2.45) is 0 Å². The predicted molar refractivity (Wildman–Crippen MR) is 81.5 cm³/mol. The number of hydrogen-bond acceptors (Lipinski definition) is 5. The lowest BCUT2D eigenvalue weighted by molar-refractivity contribution is -0.142. The first-order valence-corrected chi connectivity index (χ1v) is 7.09. The average Bonchev–Trinajstić information content (AvgIpc) is 2.92. The minimum atomic E-state index is -0.350. The third kappa shape index (κ3) is 3.43. The zero-order valence-electron chi connectivity index (χ0n) is 11.9. The molecule has 0 amide bonds. The van der Waals surface area contributed by atoms with Gasteiger partial charge in [-0.25, -0.2) is 4.98 Å². The van der Waals surface area contributed by atoms with Crippen LogP contribution in [-0.4, -0.2) is 15.9 Å². The van der Waals surface area contributed by atoms with E-state index in [1.165, 1.54) is 6.92 Å². The van der Waals surface area contributed by atoms with Gasteiger partial charge in [0.15, 0.2) is 18.3 Å². The fourth-order valence-corrected chi connectivity index (χ4v) is 2.27. The predicted octanol–water partition coefficient (Wildman–Crippen LogP) is 3.53. The van der Waals surface area contributed by atoms with Gasteiger partial charge in [-0.2, -0.15) is 0 Å². The molecule has 0 aliphatic rings. The van der Waals surface area contributed by atoms with E-state index in [9.17, 15) is 4.79 Å². The Morgan fingerprint density at radius 2 is 2.14 bits per heavy atom. The molecule has 0 saturated carbocycles. The largest absolute Gasteiger partial charge is 0.458 e. The van der Waals surface area contributed by atoms with E-state index in [2.05, 4.69) is 9.97 Å². The van der Waals surface area contributed by atoms with E-state index in [1.54, 1.807) is 12.4 Å². The molecule has 0 fully saturated rings. The highest BCUT2D eigenvalue weighted by atomic mass is 35.5. The number of carbonyl (C=O) groups is 1. The first-order valence-electron chi connectivity index (χ1n) is 6.71. The van der Waals surface area contributed by atoms with Crippen LogP contribution in [-0.2, 0) is 22.6 Å². The number of esters is 1. The summed E-state index contributed by atoms with van der Waals surface area (Å²) in [4.78, 5) is 19.2. The number of carbonyl (C=O) groups excluding carboxylic acids is 1. The second kappa shape index (κ2) is 6.15. The van der Waals surface area contributed by atoms with Gasteiger partial charge in [-0.3, -0.25) is 9.78 Å². The van der Waals surface area contributed by atoms with Gasteiger partial charge in [0.25, 0.3) is 0 Å². The van der Waals surface area contributed by atoms with E-state index in [-0.39, 0.29) is 12.6 Å². The minimum absolute atomic E-state index is 0.0968. The van der Waals surface area contributed by atoms with Crippen LogP contribution in [0.25, 0.3) is 10.9 Å². The summed E-state index contributed by atoms with van der Waals surface area (Å²) in [6.45, 7) is 1.45. The summed E-state index contributed by atoms with van der Waals surface area (Å²) in [5.41, 5.74) is 1.92. The van der Waals surface area contributed by atoms with Crippen LogP contribution in [0.1, 0.15) is 24.1 Å². The molecule has 2 aromatic heterocycles. The van der Waals surface area contributed by atoms with Crippen LogP contribution in [0.15, 0.2) is 41.1 Å². The molecule has 0 radical (unpaired) electrons. The number of nitrogens with zero attached hydrogens (tertiary/aromatic N) is 2. The molecular formula is C16H13ClN2O3. The Labute approximate surface area is 131 Å². The smallest absolute Gasteiger partial charge is 0.303 e.